The van der Waals surface area contributed by atoms with Crippen LogP contribution in [0.15, 0.2) is 6.20 Å². The molecule has 0 aromatic carbocycles. The molecule has 0 amide bonds. The molecule has 18 heavy (non-hydrogen) atoms. The van der Waals surface area contributed by atoms with Crippen LogP contribution in [0.3, 0.4) is 0 Å². The van der Waals surface area contributed by atoms with Crippen LogP contribution < -0.4 is 5.32 Å². The Kier molecular flexibility index (Phi) is 3.90. The van der Waals surface area contributed by atoms with Crippen molar-refractivity contribution in [2.75, 3.05) is 12.4 Å². The average molecular weight is 268 g/mol. The molecule has 1 aliphatic carbocycles. The minimum absolute atomic E-state index is 0.315. The van der Waals surface area contributed by atoms with Crippen LogP contribution >= 0.6 is 11.3 Å². The Morgan fingerprint density at radius 2 is 2.39 bits per heavy atom. The van der Waals surface area contributed by atoms with Crippen molar-refractivity contribution in [2.45, 2.75) is 45.6 Å². The van der Waals surface area contributed by atoms with Gasteiger partial charge in [-0.3, -0.25) is 0 Å². The SMILES string of the molecule is COC(=O)c1cnc(NC2CCCC(C)(C)C2)s1. The van der Waals surface area contributed by atoms with Gasteiger partial charge < -0.3 is 10.1 Å². The summed E-state index contributed by atoms with van der Waals surface area (Å²) in [7, 11) is 1.39. The Morgan fingerprint density at radius 1 is 1.61 bits per heavy atom. The van der Waals surface area contributed by atoms with Crippen molar-refractivity contribution in [3.8, 4) is 0 Å². The molecule has 0 bridgehead atoms. The first-order chi connectivity index (χ1) is 8.50. The summed E-state index contributed by atoms with van der Waals surface area (Å²) in [5.41, 5.74) is 0.401. The maximum Gasteiger partial charge on any atom is 0.349 e. The number of rotatable bonds is 3. The molecule has 0 radical (unpaired) electrons. The highest BCUT2D eigenvalue weighted by Crippen LogP contribution is 2.36. The predicted octanol–water partition coefficient (Wildman–Crippen LogP) is 3.31. The van der Waals surface area contributed by atoms with Gasteiger partial charge in [0.15, 0.2) is 5.13 Å². The Hall–Kier alpha value is -1.10. The van der Waals surface area contributed by atoms with Gasteiger partial charge in [-0.2, -0.15) is 0 Å². The maximum absolute atomic E-state index is 11.3. The zero-order chi connectivity index (χ0) is 13.2. The van der Waals surface area contributed by atoms with Gasteiger partial charge in [0.25, 0.3) is 0 Å². The molecule has 1 aromatic rings. The lowest BCUT2D eigenvalue weighted by Crippen LogP contribution is -2.31. The second-order valence-electron chi connectivity index (χ2n) is 5.62. The van der Waals surface area contributed by atoms with Crippen molar-refractivity contribution in [1.82, 2.24) is 4.98 Å². The molecule has 1 atom stereocenters. The fraction of sp³-hybridized carbons (Fsp3) is 0.692. The van der Waals surface area contributed by atoms with Crippen LogP contribution in [0.2, 0.25) is 0 Å². The van der Waals surface area contributed by atoms with Crippen molar-refractivity contribution in [1.29, 1.82) is 0 Å². The molecule has 1 aliphatic rings. The summed E-state index contributed by atoms with van der Waals surface area (Å²) in [6, 6.07) is 0.463. The second-order valence-corrected chi connectivity index (χ2v) is 6.65. The van der Waals surface area contributed by atoms with Gasteiger partial charge >= 0.3 is 5.97 Å². The lowest BCUT2D eigenvalue weighted by atomic mass is 9.75. The molecule has 1 unspecified atom stereocenters. The summed E-state index contributed by atoms with van der Waals surface area (Å²) >= 11 is 1.36. The first-order valence-corrected chi connectivity index (χ1v) is 7.12. The third-order valence-electron chi connectivity index (χ3n) is 3.42. The van der Waals surface area contributed by atoms with E-state index in [9.17, 15) is 4.79 Å². The standard InChI is InChI=1S/C13H20N2O2S/c1-13(2)6-4-5-9(7-13)15-12-14-8-10(18-12)11(16)17-3/h8-9H,4-7H2,1-3H3,(H,14,15). The van der Waals surface area contributed by atoms with E-state index < -0.39 is 0 Å². The Balaban J connectivity index is 1.97. The Morgan fingerprint density at radius 3 is 3.06 bits per heavy atom. The van der Waals surface area contributed by atoms with E-state index in [4.69, 9.17) is 0 Å². The minimum atomic E-state index is -0.315. The molecule has 1 heterocycles. The highest BCUT2D eigenvalue weighted by atomic mass is 32.1. The lowest BCUT2D eigenvalue weighted by Gasteiger charge is -2.35. The molecule has 100 valence electrons. The van der Waals surface area contributed by atoms with Crippen LogP contribution in [-0.2, 0) is 4.74 Å². The number of aromatic nitrogens is 1. The first kappa shape index (κ1) is 13.3. The first-order valence-electron chi connectivity index (χ1n) is 6.31. The van der Waals surface area contributed by atoms with E-state index in [-0.39, 0.29) is 5.97 Å². The van der Waals surface area contributed by atoms with Crippen molar-refractivity contribution < 1.29 is 9.53 Å². The summed E-state index contributed by atoms with van der Waals surface area (Å²) in [5.74, 6) is -0.315. The number of carbonyl (C=O) groups excluding carboxylic acids is 1. The summed E-state index contributed by atoms with van der Waals surface area (Å²) < 4.78 is 4.68. The average Bonchev–Trinajstić information content (AvgIpc) is 2.75. The molecule has 0 saturated heterocycles. The molecule has 4 nitrogen and oxygen atoms in total. The van der Waals surface area contributed by atoms with E-state index >= 15 is 0 Å². The third-order valence-corrected chi connectivity index (χ3v) is 4.33. The zero-order valence-electron chi connectivity index (χ0n) is 11.2. The monoisotopic (exact) mass is 268 g/mol. The van der Waals surface area contributed by atoms with Crippen LogP contribution in [0, 0.1) is 5.41 Å². The molecular weight excluding hydrogens is 248 g/mol. The van der Waals surface area contributed by atoms with Gasteiger partial charge in [-0.05, 0) is 24.7 Å². The van der Waals surface area contributed by atoms with Gasteiger partial charge in [-0.25, -0.2) is 9.78 Å². The minimum Gasteiger partial charge on any atom is -0.465 e. The molecule has 5 heteroatoms. The quantitative estimate of drug-likeness (QED) is 0.854. The fourth-order valence-electron chi connectivity index (χ4n) is 2.53. The molecular formula is C13H20N2O2S. The summed E-state index contributed by atoms with van der Waals surface area (Å²) in [5, 5.41) is 4.25. The molecule has 1 fully saturated rings. The van der Waals surface area contributed by atoms with E-state index in [1.807, 2.05) is 0 Å². The molecule has 2 rings (SSSR count). The third kappa shape index (κ3) is 3.22. The molecule has 1 saturated carbocycles. The number of thiazole rings is 1. The van der Waals surface area contributed by atoms with Crippen LogP contribution in [0.1, 0.15) is 49.2 Å². The number of hydrogen-bond donors (Lipinski definition) is 1. The number of esters is 1. The number of anilines is 1. The van der Waals surface area contributed by atoms with Crippen LogP contribution in [0.4, 0.5) is 5.13 Å². The van der Waals surface area contributed by atoms with Crippen LogP contribution in [-0.4, -0.2) is 24.1 Å². The smallest absolute Gasteiger partial charge is 0.349 e. The topological polar surface area (TPSA) is 51.2 Å². The molecule has 1 aromatic heterocycles. The van der Waals surface area contributed by atoms with E-state index in [1.54, 1.807) is 6.20 Å². The fourth-order valence-corrected chi connectivity index (χ4v) is 3.34. The largest absolute Gasteiger partial charge is 0.465 e. The van der Waals surface area contributed by atoms with E-state index in [1.165, 1.54) is 37.7 Å². The lowest BCUT2D eigenvalue weighted by molar-refractivity contribution is 0.0606. The van der Waals surface area contributed by atoms with Crippen molar-refractivity contribution in [3.05, 3.63) is 11.1 Å². The number of methoxy groups -OCH3 is 1. The highest BCUT2D eigenvalue weighted by Gasteiger charge is 2.28. The second kappa shape index (κ2) is 5.26. The summed E-state index contributed by atoms with van der Waals surface area (Å²) in [6.07, 6.45) is 6.44. The van der Waals surface area contributed by atoms with Crippen molar-refractivity contribution in [3.63, 3.8) is 0 Å². The maximum atomic E-state index is 11.3. The zero-order valence-corrected chi connectivity index (χ0v) is 12.0. The predicted molar refractivity (Wildman–Crippen MR) is 73.1 cm³/mol. The van der Waals surface area contributed by atoms with Crippen LogP contribution in [0.25, 0.3) is 0 Å². The summed E-state index contributed by atoms with van der Waals surface area (Å²) in [4.78, 5) is 16.1. The van der Waals surface area contributed by atoms with E-state index in [0.717, 1.165) is 11.6 Å². The summed E-state index contributed by atoms with van der Waals surface area (Å²) in [6.45, 7) is 4.62. The van der Waals surface area contributed by atoms with E-state index in [0.29, 0.717) is 16.3 Å². The Labute approximate surface area is 112 Å². The molecule has 0 aliphatic heterocycles. The highest BCUT2D eigenvalue weighted by molar-refractivity contribution is 7.17. The van der Waals surface area contributed by atoms with Gasteiger partial charge in [0.1, 0.15) is 4.88 Å². The Bertz CT molecular complexity index is 428. The number of nitrogens with one attached hydrogen (secondary N) is 1. The van der Waals surface area contributed by atoms with Gasteiger partial charge in [-0.1, -0.05) is 31.6 Å². The number of ether oxygens (including phenoxy) is 1. The molecule has 0 spiro atoms. The van der Waals surface area contributed by atoms with Gasteiger partial charge in [0.2, 0.25) is 0 Å². The van der Waals surface area contributed by atoms with E-state index in [2.05, 4.69) is 28.9 Å². The van der Waals surface area contributed by atoms with Crippen LogP contribution in [0.5, 0.6) is 0 Å². The van der Waals surface area contributed by atoms with Gasteiger partial charge in [0, 0.05) is 6.04 Å². The number of nitrogens with zero attached hydrogens (tertiary/aromatic N) is 1. The number of carbonyl (C=O) groups is 1. The van der Waals surface area contributed by atoms with Gasteiger partial charge in [0.05, 0.1) is 13.3 Å². The van der Waals surface area contributed by atoms with Gasteiger partial charge in [-0.15, -0.1) is 0 Å². The number of hydrogen-bond acceptors (Lipinski definition) is 5. The van der Waals surface area contributed by atoms with Crippen molar-refractivity contribution >= 4 is 22.4 Å². The van der Waals surface area contributed by atoms with Crippen molar-refractivity contribution in [2.24, 2.45) is 5.41 Å². The normalized spacial score (nSPS) is 22.5. The molecule has 1 N–H and O–H groups in total.